The van der Waals surface area contributed by atoms with Gasteiger partial charge >= 0.3 is 18.2 Å². The van der Waals surface area contributed by atoms with Crippen LogP contribution in [-0.2, 0) is 6.18 Å². The molecular weight excluding hydrogens is 513 g/mol. The summed E-state index contributed by atoms with van der Waals surface area (Å²) in [7, 11) is 1.20. The Morgan fingerprint density at radius 2 is 1.68 bits per heavy atom. The van der Waals surface area contributed by atoms with E-state index in [0.717, 1.165) is 23.8 Å². The average Bonchev–Trinajstić information content (AvgIpc) is 2.87. The number of nitrogens with zero attached hydrogens (tertiary/aromatic N) is 3. The van der Waals surface area contributed by atoms with Crippen LogP contribution in [0.15, 0.2) is 67.1 Å². The lowest BCUT2D eigenvalue weighted by molar-refractivity contribution is -0.137. The van der Waals surface area contributed by atoms with Crippen molar-refractivity contribution in [1.82, 2.24) is 15.0 Å². The van der Waals surface area contributed by atoms with Crippen molar-refractivity contribution in [3.8, 4) is 28.6 Å². The largest absolute Gasteiger partial charge is 0.495 e. The van der Waals surface area contributed by atoms with Crippen molar-refractivity contribution >= 4 is 34.8 Å². The average molecular weight is 531 g/mol. The van der Waals surface area contributed by atoms with E-state index < -0.39 is 17.8 Å². The van der Waals surface area contributed by atoms with Gasteiger partial charge in [0.15, 0.2) is 0 Å². The number of nitrogens with two attached hydrogens (primary N) is 1. The van der Waals surface area contributed by atoms with Gasteiger partial charge in [-0.3, -0.25) is 0 Å². The zero-order valence-corrected chi connectivity index (χ0v) is 19.8. The number of hydrogen-bond donors (Lipinski definition) is 3. The zero-order valence-electron chi connectivity index (χ0n) is 19.0. The number of benzene rings is 2. The number of nitrogens with one attached hydrogen (secondary N) is 2. The molecule has 190 valence electrons. The standard InChI is InChI=1S/C24H18ClF3N6O3/c1-36-20-8-14(24(26,27)28)4-7-19(20)34-22(35)33-16-11-31-23(32-12-16)37-17-5-2-13(3-6-17)18-9-15(25)10-30-21(18)29/h2-12H,1H3,(H2,29,30)(H2,33,34,35). The quantitative estimate of drug-likeness (QED) is 0.269. The Kier molecular flexibility index (Phi) is 7.30. The molecule has 0 spiro atoms. The minimum absolute atomic E-state index is 0.0204. The summed E-state index contributed by atoms with van der Waals surface area (Å²) < 4.78 is 49.2. The van der Waals surface area contributed by atoms with E-state index in [4.69, 9.17) is 26.8 Å². The number of aromatic nitrogens is 3. The second-order valence-electron chi connectivity index (χ2n) is 7.46. The van der Waals surface area contributed by atoms with Crippen molar-refractivity contribution in [3.05, 3.63) is 77.7 Å². The molecule has 0 radical (unpaired) electrons. The maximum absolute atomic E-state index is 12.9. The van der Waals surface area contributed by atoms with Crippen LogP contribution in [0.1, 0.15) is 5.56 Å². The first-order valence-electron chi connectivity index (χ1n) is 10.5. The summed E-state index contributed by atoms with van der Waals surface area (Å²) >= 11 is 5.99. The lowest BCUT2D eigenvalue weighted by Gasteiger charge is -2.14. The van der Waals surface area contributed by atoms with Crippen LogP contribution < -0.4 is 25.8 Å². The molecule has 0 aliphatic rings. The first-order valence-corrected chi connectivity index (χ1v) is 10.8. The van der Waals surface area contributed by atoms with Crippen LogP contribution in [0.3, 0.4) is 0 Å². The number of amides is 2. The predicted molar refractivity (Wildman–Crippen MR) is 132 cm³/mol. The summed E-state index contributed by atoms with van der Waals surface area (Å²) in [6.45, 7) is 0. The molecule has 4 N–H and O–H groups in total. The highest BCUT2D eigenvalue weighted by Gasteiger charge is 2.31. The lowest BCUT2D eigenvalue weighted by atomic mass is 10.1. The molecule has 0 bridgehead atoms. The van der Waals surface area contributed by atoms with Gasteiger partial charge in [-0.15, -0.1) is 0 Å². The van der Waals surface area contributed by atoms with Gasteiger partial charge in [0.25, 0.3) is 0 Å². The maximum atomic E-state index is 12.9. The summed E-state index contributed by atoms with van der Waals surface area (Å²) in [5, 5.41) is 5.35. The Bertz CT molecular complexity index is 1420. The molecular formula is C24H18ClF3N6O3. The molecule has 37 heavy (non-hydrogen) atoms. The van der Waals surface area contributed by atoms with Crippen molar-refractivity contribution in [2.75, 3.05) is 23.5 Å². The fourth-order valence-corrected chi connectivity index (χ4v) is 3.34. The molecule has 2 heterocycles. The van der Waals surface area contributed by atoms with Crippen LogP contribution in [0.2, 0.25) is 5.02 Å². The van der Waals surface area contributed by atoms with Gasteiger partial charge in [0.2, 0.25) is 0 Å². The van der Waals surface area contributed by atoms with Crippen molar-refractivity contribution < 1.29 is 27.4 Å². The van der Waals surface area contributed by atoms with E-state index in [-0.39, 0.29) is 23.1 Å². The molecule has 13 heteroatoms. The predicted octanol–water partition coefficient (Wildman–Crippen LogP) is 6.24. The molecule has 0 unspecified atom stereocenters. The van der Waals surface area contributed by atoms with E-state index in [0.29, 0.717) is 22.2 Å². The molecule has 0 saturated carbocycles. The van der Waals surface area contributed by atoms with Crippen LogP contribution >= 0.6 is 11.6 Å². The van der Waals surface area contributed by atoms with Gasteiger partial charge in [0, 0.05) is 11.8 Å². The molecule has 0 fully saturated rings. The Morgan fingerprint density at radius 1 is 0.973 bits per heavy atom. The van der Waals surface area contributed by atoms with Crippen molar-refractivity contribution in [2.24, 2.45) is 0 Å². The molecule has 2 amide bonds. The Hall–Kier alpha value is -4.58. The van der Waals surface area contributed by atoms with Gasteiger partial charge in [-0.05, 0) is 42.0 Å². The first kappa shape index (κ1) is 25.5. The number of pyridine rings is 1. The van der Waals surface area contributed by atoms with Gasteiger partial charge in [0.1, 0.15) is 17.3 Å². The van der Waals surface area contributed by atoms with Crippen LogP contribution in [0, 0.1) is 0 Å². The third-order valence-corrected chi connectivity index (χ3v) is 5.13. The van der Waals surface area contributed by atoms with Crippen LogP contribution in [0.25, 0.3) is 11.1 Å². The van der Waals surface area contributed by atoms with E-state index in [1.165, 1.54) is 25.7 Å². The van der Waals surface area contributed by atoms with Gasteiger partial charge < -0.3 is 25.8 Å². The number of urea groups is 1. The number of anilines is 3. The molecule has 2 aromatic heterocycles. The van der Waals surface area contributed by atoms with Gasteiger partial charge in [-0.2, -0.15) is 13.2 Å². The van der Waals surface area contributed by atoms with E-state index in [1.54, 1.807) is 30.3 Å². The summed E-state index contributed by atoms with van der Waals surface area (Å²) in [5.41, 5.74) is 6.74. The Balaban J connectivity index is 1.37. The maximum Gasteiger partial charge on any atom is 0.416 e. The van der Waals surface area contributed by atoms with E-state index in [1.807, 2.05) is 0 Å². The number of rotatable bonds is 6. The number of ether oxygens (including phenoxy) is 2. The monoisotopic (exact) mass is 530 g/mol. The number of methoxy groups -OCH3 is 1. The van der Waals surface area contributed by atoms with Gasteiger partial charge in [0.05, 0.1) is 41.5 Å². The van der Waals surface area contributed by atoms with Gasteiger partial charge in [-0.25, -0.2) is 19.7 Å². The second-order valence-corrected chi connectivity index (χ2v) is 7.90. The van der Waals surface area contributed by atoms with Crippen LogP contribution in [-0.4, -0.2) is 28.1 Å². The van der Waals surface area contributed by atoms with Crippen LogP contribution in [0.5, 0.6) is 17.5 Å². The smallest absolute Gasteiger partial charge is 0.416 e. The molecule has 4 rings (SSSR count). The number of alkyl halides is 3. The molecule has 0 atom stereocenters. The highest BCUT2D eigenvalue weighted by Crippen LogP contribution is 2.35. The Morgan fingerprint density at radius 3 is 2.32 bits per heavy atom. The molecule has 0 aliphatic heterocycles. The molecule has 0 saturated heterocycles. The van der Waals surface area contributed by atoms with E-state index >= 15 is 0 Å². The number of nitrogen functional groups attached to an aromatic ring is 1. The van der Waals surface area contributed by atoms with E-state index in [9.17, 15) is 18.0 Å². The molecule has 0 aliphatic carbocycles. The third-order valence-electron chi connectivity index (χ3n) is 4.92. The molecule has 2 aromatic carbocycles. The fourth-order valence-electron chi connectivity index (χ4n) is 3.18. The molecule has 4 aromatic rings. The SMILES string of the molecule is COc1cc(C(F)(F)F)ccc1NC(=O)Nc1cnc(Oc2ccc(-c3cc(Cl)cnc3N)cc2)nc1. The topological polar surface area (TPSA) is 124 Å². The summed E-state index contributed by atoms with van der Waals surface area (Å²) in [4.78, 5) is 24.4. The van der Waals surface area contributed by atoms with Crippen molar-refractivity contribution in [2.45, 2.75) is 6.18 Å². The zero-order chi connectivity index (χ0) is 26.6. The normalized spacial score (nSPS) is 11.1. The van der Waals surface area contributed by atoms with Crippen LogP contribution in [0.4, 0.5) is 35.2 Å². The number of halogens is 4. The number of carbonyl (C=O) groups is 1. The fraction of sp³-hybridized carbons (Fsp3) is 0.0833. The summed E-state index contributed by atoms with van der Waals surface area (Å²) in [6, 6.07) is 10.6. The minimum Gasteiger partial charge on any atom is -0.495 e. The van der Waals surface area contributed by atoms with E-state index in [2.05, 4.69) is 25.6 Å². The van der Waals surface area contributed by atoms with Crippen molar-refractivity contribution in [1.29, 1.82) is 0 Å². The number of carbonyl (C=O) groups excluding carboxylic acids is 1. The lowest BCUT2D eigenvalue weighted by Crippen LogP contribution is -2.20. The molecule has 9 nitrogen and oxygen atoms in total. The summed E-state index contributed by atoms with van der Waals surface area (Å²) in [6.07, 6.45) is -0.473. The Labute approximate surface area is 213 Å². The first-order chi connectivity index (χ1) is 17.6. The second kappa shape index (κ2) is 10.6. The highest BCUT2D eigenvalue weighted by atomic mass is 35.5. The number of hydrogen-bond acceptors (Lipinski definition) is 7. The van der Waals surface area contributed by atoms with Crippen molar-refractivity contribution in [3.63, 3.8) is 0 Å². The van der Waals surface area contributed by atoms with Gasteiger partial charge in [-0.1, -0.05) is 23.7 Å². The third kappa shape index (κ3) is 6.35. The highest BCUT2D eigenvalue weighted by molar-refractivity contribution is 6.30. The summed E-state index contributed by atoms with van der Waals surface area (Å²) in [5.74, 6) is 0.640. The minimum atomic E-state index is -4.54.